The Labute approximate surface area is 173 Å². The van der Waals surface area contributed by atoms with Crippen molar-refractivity contribution in [3.8, 4) is 0 Å². The fraction of sp³-hybridized carbons (Fsp3) is 0.346. The Bertz CT molecular complexity index is 959. The fourth-order valence-corrected chi connectivity index (χ4v) is 5.46. The van der Waals surface area contributed by atoms with E-state index in [1.165, 1.54) is 16.7 Å². The Morgan fingerprint density at radius 3 is 2.59 bits per heavy atom. The van der Waals surface area contributed by atoms with Crippen LogP contribution in [0.15, 0.2) is 79.1 Å². The maximum Gasteiger partial charge on any atom is 0.148 e. The third-order valence-electron chi connectivity index (χ3n) is 6.83. The summed E-state index contributed by atoms with van der Waals surface area (Å²) in [6.07, 6.45) is 8.85. The smallest absolute Gasteiger partial charge is 0.148 e. The molecule has 3 unspecified atom stereocenters. The second-order valence-corrected chi connectivity index (χ2v) is 8.45. The second kappa shape index (κ2) is 7.74. The summed E-state index contributed by atoms with van der Waals surface area (Å²) in [5.41, 5.74) is 4.13. The summed E-state index contributed by atoms with van der Waals surface area (Å²) >= 11 is 0. The third kappa shape index (κ3) is 3.29. The van der Waals surface area contributed by atoms with Gasteiger partial charge in [0.1, 0.15) is 5.72 Å². The van der Waals surface area contributed by atoms with Crippen LogP contribution in [0.1, 0.15) is 47.6 Å². The van der Waals surface area contributed by atoms with E-state index in [-0.39, 0.29) is 12.0 Å². The Kier molecular flexibility index (Phi) is 4.94. The number of aryl methyl sites for hydroxylation is 1. The predicted octanol–water partition coefficient (Wildman–Crippen LogP) is 4.87. The van der Waals surface area contributed by atoms with Gasteiger partial charge in [0.15, 0.2) is 0 Å². The van der Waals surface area contributed by atoms with Gasteiger partial charge in [-0.3, -0.25) is 9.88 Å². The van der Waals surface area contributed by atoms with Gasteiger partial charge in [0.2, 0.25) is 0 Å². The van der Waals surface area contributed by atoms with Crippen LogP contribution in [0.2, 0.25) is 0 Å². The van der Waals surface area contributed by atoms with E-state index in [1.54, 1.807) is 0 Å². The Morgan fingerprint density at radius 1 is 0.966 bits per heavy atom. The summed E-state index contributed by atoms with van der Waals surface area (Å²) in [7, 11) is 0. The largest absolute Gasteiger partial charge is 0.371 e. The average molecular weight is 385 g/mol. The average Bonchev–Trinajstić information content (AvgIpc) is 3.03. The monoisotopic (exact) mass is 384 g/mol. The number of rotatable bonds is 5. The van der Waals surface area contributed by atoms with Crippen molar-refractivity contribution in [3.63, 3.8) is 0 Å². The molecule has 0 amide bonds. The van der Waals surface area contributed by atoms with Crippen molar-refractivity contribution in [1.29, 1.82) is 0 Å². The molecule has 1 saturated heterocycles. The molecule has 1 aromatic heterocycles. The van der Waals surface area contributed by atoms with Crippen LogP contribution in [0.4, 0.5) is 0 Å². The number of hydrogen-bond acceptors (Lipinski definition) is 3. The first-order chi connectivity index (χ1) is 14.3. The van der Waals surface area contributed by atoms with Gasteiger partial charge in [-0.1, -0.05) is 60.7 Å². The van der Waals surface area contributed by atoms with Crippen molar-refractivity contribution in [2.24, 2.45) is 5.92 Å². The molecule has 0 saturated carbocycles. The standard InChI is InChI=1S/C26H28N2O/c29-26-22(15-14-21-10-6-16-27-19-21)11-7-17-28(26)25(18-20-8-2-1-3-9-20)23-12-4-5-13-24(23)26/h1-6,8-10,12-13,16,19,22,25,29H,7,11,14-15,17-18H2. The van der Waals surface area contributed by atoms with Gasteiger partial charge in [0.05, 0.1) is 0 Å². The van der Waals surface area contributed by atoms with Crippen molar-refractivity contribution < 1.29 is 5.11 Å². The molecule has 2 aromatic carbocycles. The topological polar surface area (TPSA) is 36.4 Å². The molecule has 3 heteroatoms. The maximum atomic E-state index is 12.2. The van der Waals surface area contributed by atoms with Crippen LogP contribution in [-0.4, -0.2) is 21.5 Å². The lowest BCUT2D eigenvalue weighted by Crippen LogP contribution is -2.52. The lowest BCUT2D eigenvalue weighted by Gasteiger charge is -2.47. The van der Waals surface area contributed by atoms with Gasteiger partial charge in [-0.25, -0.2) is 0 Å². The Morgan fingerprint density at radius 2 is 1.76 bits per heavy atom. The first kappa shape index (κ1) is 18.5. The van der Waals surface area contributed by atoms with Crippen LogP contribution in [0, 0.1) is 5.92 Å². The summed E-state index contributed by atoms with van der Waals surface area (Å²) in [6, 6.07) is 23.6. The van der Waals surface area contributed by atoms with Gasteiger partial charge in [0, 0.05) is 36.5 Å². The zero-order chi connectivity index (χ0) is 19.7. The summed E-state index contributed by atoms with van der Waals surface area (Å²) in [4.78, 5) is 6.65. The van der Waals surface area contributed by atoms with Gasteiger partial charge >= 0.3 is 0 Å². The van der Waals surface area contributed by atoms with Crippen molar-refractivity contribution in [3.05, 3.63) is 101 Å². The van der Waals surface area contributed by atoms with Crippen LogP contribution in [0.3, 0.4) is 0 Å². The van der Waals surface area contributed by atoms with E-state index in [0.717, 1.165) is 44.2 Å². The Balaban J connectivity index is 1.47. The minimum Gasteiger partial charge on any atom is -0.371 e. The van der Waals surface area contributed by atoms with E-state index in [0.29, 0.717) is 0 Å². The molecule has 3 atom stereocenters. The van der Waals surface area contributed by atoms with E-state index in [9.17, 15) is 5.11 Å². The molecule has 5 rings (SSSR count). The van der Waals surface area contributed by atoms with Gasteiger partial charge in [-0.05, 0) is 54.9 Å². The first-order valence-corrected chi connectivity index (χ1v) is 10.8. The molecule has 0 spiro atoms. The first-order valence-electron chi connectivity index (χ1n) is 10.8. The number of aliphatic hydroxyl groups is 1. The van der Waals surface area contributed by atoms with Crippen LogP contribution in [0.5, 0.6) is 0 Å². The second-order valence-electron chi connectivity index (χ2n) is 8.45. The summed E-state index contributed by atoms with van der Waals surface area (Å²) in [5, 5.41) is 12.2. The number of aromatic nitrogens is 1. The summed E-state index contributed by atoms with van der Waals surface area (Å²) < 4.78 is 0. The van der Waals surface area contributed by atoms with Crippen LogP contribution >= 0.6 is 0 Å². The molecule has 3 aromatic rings. The highest BCUT2D eigenvalue weighted by Crippen LogP contribution is 2.53. The highest BCUT2D eigenvalue weighted by Gasteiger charge is 2.54. The number of piperidine rings is 1. The van der Waals surface area contributed by atoms with E-state index in [2.05, 4.69) is 70.5 Å². The zero-order valence-electron chi connectivity index (χ0n) is 16.7. The fourth-order valence-electron chi connectivity index (χ4n) is 5.46. The molecule has 1 N–H and O–H groups in total. The molecule has 3 nitrogen and oxygen atoms in total. The molecule has 148 valence electrons. The molecule has 0 radical (unpaired) electrons. The SMILES string of the molecule is OC12c3ccccc3C(Cc3ccccc3)N1CCCC2CCc1cccnc1. The normalized spacial score (nSPS) is 26.1. The molecule has 0 bridgehead atoms. The number of nitrogens with zero attached hydrogens (tertiary/aromatic N) is 2. The van der Waals surface area contributed by atoms with E-state index in [4.69, 9.17) is 0 Å². The molecule has 3 heterocycles. The number of fused-ring (bicyclic) bond motifs is 3. The molecule has 0 aliphatic carbocycles. The third-order valence-corrected chi connectivity index (χ3v) is 6.83. The van der Waals surface area contributed by atoms with Crippen molar-refractivity contribution in [2.75, 3.05) is 6.54 Å². The van der Waals surface area contributed by atoms with Crippen LogP contribution in [0.25, 0.3) is 0 Å². The van der Waals surface area contributed by atoms with Gasteiger partial charge in [-0.2, -0.15) is 0 Å². The van der Waals surface area contributed by atoms with Crippen molar-refractivity contribution >= 4 is 0 Å². The molecule has 29 heavy (non-hydrogen) atoms. The predicted molar refractivity (Wildman–Crippen MR) is 115 cm³/mol. The zero-order valence-corrected chi connectivity index (χ0v) is 16.7. The lowest BCUT2D eigenvalue weighted by molar-refractivity contribution is -0.183. The molecular formula is C26H28N2O. The van der Waals surface area contributed by atoms with E-state index >= 15 is 0 Å². The maximum absolute atomic E-state index is 12.2. The number of pyridine rings is 1. The minimum absolute atomic E-state index is 0.235. The van der Waals surface area contributed by atoms with Crippen molar-refractivity contribution in [1.82, 2.24) is 9.88 Å². The number of benzene rings is 2. The summed E-state index contributed by atoms with van der Waals surface area (Å²) in [6.45, 7) is 0.950. The molecular weight excluding hydrogens is 356 g/mol. The van der Waals surface area contributed by atoms with Gasteiger partial charge in [0.25, 0.3) is 0 Å². The highest BCUT2D eigenvalue weighted by atomic mass is 16.3. The van der Waals surface area contributed by atoms with Gasteiger partial charge in [-0.15, -0.1) is 0 Å². The van der Waals surface area contributed by atoms with Crippen LogP contribution in [-0.2, 0) is 18.6 Å². The van der Waals surface area contributed by atoms with E-state index < -0.39 is 5.72 Å². The lowest BCUT2D eigenvalue weighted by atomic mass is 9.79. The minimum atomic E-state index is -0.865. The molecule has 1 fully saturated rings. The molecule has 2 aliphatic rings. The number of hydrogen-bond donors (Lipinski definition) is 1. The van der Waals surface area contributed by atoms with E-state index in [1.807, 2.05) is 18.5 Å². The van der Waals surface area contributed by atoms with Crippen LogP contribution < -0.4 is 0 Å². The quantitative estimate of drug-likeness (QED) is 0.682. The summed E-state index contributed by atoms with van der Waals surface area (Å²) in [5.74, 6) is 0.235. The van der Waals surface area contributed by atoms with Gasteiger partial charge < -0.3 is 5.11 Å². The van der Waals surface area contributed by atoms with Crippen molar-refractivity contribution in [2.45, 2.75) is 43.9 Å². The Hall–Kier alpha value is -2.49. The molecule has 2 aliphatic heterocycles. The highest BCUT2D eigenvalue weighted by molar-refractivity contribution is 5.42.